The van der Waals surface area contributed by atoms with E-state index in [2.05, 4.69) is 0 Å². The van der Waals surface area contributed by atoms with Gasteiger partial charge in [0.15, 0.2) is 0 Å². The summed E-state index contributed by atoms with van der Waals surface area (Å²) in [4.78, 5) is 0. The van der Waals surface area contributed by atoms with E-state index < -0.39 is 0 Å². The monoisotopic (exact) mass is 182 g/mol. The quantitative estimate of drug-likeness (QED) is 0.647. The Kier molecular flexibility index (Phi) is 2.92. The minimum atomic E-state index is -0.199. The fourth-order valence-corrected chi connectivity index (χ4v) is 2.58. The lowest BCUT2D eigenvalue weighted by molar-refractivity contribution is 0.136. The largest absolute Gasteiger partial charge is 0.390 e. The molecule has 76 valence electrons. The van der Waals surface area contributed by atoms with Gasteiger partial charge in [0.25, 0.3) is 0 Å². The van der Waals surface area contributed by atoms with Gasteiger partial charge in [0, 0.05) is 0 Å². The highest BCUT2D eigenvalue weighted by atomic mass is 16.3. The third kappa shape index (κ3) is 2.98. The zero-order chi connectivity index (χ0) is 9.15. The van der Waals surface area contributed by atoms with E-state index in [-0.39, 0.29) is 5.60 Å². The van der Waals surface area contributed by atoms with Gasteiger partial charge >= 0.3 is 0 Å². The molecule has 0 aliphatic heterocycles. The molecule has 0 atom stereocenters. The Bertz CT molecular complexity index is 155. The molecule has 0 aromatic rings. The molecule has 2 rings (SSSR count). The third-order valence-corrected chi connectivity index (χ3v) is 3.81. The smallest absolute Gasteiger partial charge is 0.0650 e. The van der Waals surface area contributed by atoms with Crippen LogP contribution in [0.15, 0.2) is 0 Å². The lowest BCUT2D eigenvalue weighted by atomic mass is 9.99. The number of hydrogen-bond acceptors (Lipinski definition) is 1. The predicted molar refractivity (Wildman–Crippen MR) is 54.6 cm³/mol. The first-order chi connectivity index (χ1) is 6.29. The van der Waals surface area contributed by atoms with Crippen LogP contribution in [0.25, 0.3) is 0 Å². The molecular weight excluding hydrogens is 160 g/mol. The van der Waals surface area contributed by atoms with E-state index in [1.54, 1.807) is 0 Å². The first-order valence-electron chi connectivity index (χ1n) is 6.01. The van der Waals surface area contributed by atoms with E-state index in [9.17, 15) is 5.11 Å². The van der Waals surface area contributed by atoms with Crippen molar-refractivity contribution >= 4 is 0 Å². The van der Waals surface area contributed by atoms with Gasteiger partial charge in [0.1, 0.15) is 0 Å². The van der Waals surface area contributed by atoms with Gasteiger partial charge in [-0.2, -0.15) is 0 Å². The highest BCUT2D eigenvalue weighted by molar-refractivity contribution is 4.92. The van der Waals surface area contributed by atoms with Crippen molar-refractivity contribution in [1.29, 1.82) is 0 Å². The fraction of sp³-hybridized carbons (Fsp3) is 1.00. The number of hydrogen-bond donors (Lipinski definition) is 1. The molecule has 0 heterocycles. The van der Waals surface area contributed by atoms with E-state index in [0.717, 1.165) is 25.2 Å². The second-order valence-electron chi connectivity index (χ2n) is 5.12. The highest BCUT2D eigenvalue weighted by Crippen LogP contribution is 2.40. The van der Waals surface area contributed by atoms with Crippen molar-refractivity contribution in [3.05, 3.63) is 0 Å². The van der Waals surface area contributed by atoms with Gasteiger partial charge in [-0.25, -0.2) is 0 Å². The molecule has 0 amide bonds. The van der Waals surface area contributed by atoms with Crippen LogP contribution in [-0.4, -0.2) is 10.7 Å². The van der Waals surface area contributed by atoms with Crippen molar-refractivity contribution in [2.24, 2.45) is 5.92 Å². The summed E-state index contributed by atoms with van der Waals surface area (Å²) in [5.74, 6) is 1.04. The maximum atomic E-state index is 9.62. The average Bonchev–Trinajstić information content (AvgIpc) is 2.69. The molecule has 0 bridgehead atoms. The Morgan fingerprint density at radius 2 is 1.77 bits per heavy atom. The Labute approximate surface area is 81.5 Å². The third-order valence-electron chi connectivity index (χ3n) is 3.81. The van der Waals surface area contributed by atoms with Gasteiger partial charge in [-0.3, -0.25) is 0 Å². The SMILES string of the molecule is OC1(CCCCC2CCCC2)CC1. The molecule has 0 saturated heterocycles. The Balaban J connectivity index is 1.48. The number of unbranched alkanes of at least 4 members (excludes halogenated alkanes) is 1. The Morgan fingerprint density at radius 3 is 2.38 bits per heavy atom. The molecule has 1 nitrogen and oxygen atoms in total. The van der Waals surface area contributed by atoms with Gasteiger partial charge in [0.05, 0.1) is 5.60 Å². The van der Waals surface area contributed by atoms with Gasteiger partial charge in [-0.05, 0) is 25.2 Å². The Hall–Kier alpha value is -0.0400. The van der Waals surface area contributed by atoms with Crippen molar-refractivity contribution in [3.63, 3.8) is 0 Å². The molecule has 1 heteroatoms. The molecule has 0 spiro atoms. The number of aliphatic hydroxyl groups is 1. The van der Waals surface area contributed by atoms with Gasteiger partial charge in [-0.15, -0.1) is 0 Å². The summed E-state index contributed by atoms with van der Waals surface area (Å²) < 4.78 is 0. The van der Waals surface area contributed by atoms with Crippen LogP contribution < -0.4 is 0 Å². The van der Waals surface area contributed by atoms with Crippen LogP contribution in [0.5, 0.6) is 0 Å². The molecule has 1 N–H and O–H groups in total. The van der Waals surface area contributed by atoms with Crippen molar-refractivity contribution in [2.75, 3.05) is 0 Å². The normalized spacial score (nSPS) is 26.5. The topological polar surface area (TPSA) is 20.2 Å². The van der Waals surface area contributed by atoms with E-state index >= 15 is 0 Å². The molecule has 0 aromatic carbocycles. The first kappa shape index (κ1) is 9.51. The summed E-state index contributed by atoms with van der Waals surface area (Å²) in [6.07, 6.45) is 13.1. The van der Waals surface area contributed by atoms with E-state index in [0.29, 0.717) is 0 Å². The molecule has 2 aliphatic rings. The summed E-state index contributed by atoms with van der Waals surface area (Å²) in [6, 6.07) is 0. The molecular formula is C12H22O. The fourth-order valence-electron chi connectivity index (χ4n) is 2.58. The van der Waals surface area contributed by atoms with Crippen molar-refractivity contribution in [1.82, 2.24) is 0 Å². The van der Waals surface area contributed by atoms with E-state index in [1.165, 1.54) is 44.9 Å². The van der Waals surface area contributed by atoms with E-state index in [1.807, 2.05) is 0 Å². The molecule has 2 saturated carbocycles. The standard InChI is InChI=1S/C12H22O/c13-12(9-10-12)8-4-3-7-11-5-1-2-6-11/h11,13H,1-10H2. The zero-order valence-electron chi connectivity index (χ0n) is 8.60. The van der Waals surface area contributed by atoms with Crippen molar-refractivity contribution in [2.45, 2.75) is 69.8 Å². The van der Waals surface area contributed by atoms with Crippen LogP contribution in [0.2, 0.25) is 0 Å². The van der Waals surface area contributed by atoms with Gasteiger partial charge in [0.2, 0.25) is 0 Å². The number of rotatable bonds is 5. The van der Waals surface area contributed by atoms with Crippen LogP contribution in [0.4, 0.5) is 0 Å². The minimum absolute atomic E-state index is 0.199. The lowest BCUT2D eigenvalue weighted by Crippen LogP contribution is -2.05. The minimum Gasteiger partial charge on any atom is -0.390 e. The maximum Gasteiger partial charge on any atom is 0.0650 e. The predicted octanol–water partition coefficient (Wildman–Crippen LogP) is 3.26. The van der Waals surface area contributed by atoms with Crippen LogP contribution >= 0.6 is 0 Å². The summed E-state index contributed by atoms with van der Waals surface area (Å²) in [5, 5.41) is 9.62. The van der Waals surface area contributed by atoms with Crippen molar-refractivity contribution < 1.29 is 5.11 Å². The highest BCUT2D eigenvalue weighted by Gasteiger charge is 2.39. The Morgan fingerprint density at radius 1 is 1.08 bits per heavy atom. The second kappa shape index (κ2) is 4.00. The zero-order valence-corrected chi connectivity index (χ0v) is 8.60. The van der Waals surface area contributed by atoms with Crippen LogP contribution in [0.3, 0.4) is 0 Å². The summed E-state index contributed by atoms with van der Waals surface area (Å²) >= 11 is 0. The van der Waals surface area contributed by atoms with Crippen molar-refractivity contribution in [3.8, 4) is 0 Å². The second-order valence-corrected chi connectivity index (χ2v) is 5.12. The van der Waals surface area contributed by atoms with E-state index in [4.69, 9.17) is 0 Å². The van der Waals surface area contributed by atoms with Gasteiger partial charge in [-0.1, -0.05) is 44.9 Å². The molecule has 0 unspecified atom stereocenters. The maximum absolute atomic E-state index is 9.62. The average molecular weight is 182 g/mol. The summed E-state index contributed by atoms with van der Waals surface area (Å²) in [7, 11) is 0. The molecule has 2 aliphatic carbocycles. The van der Waals surface area contributed by atoms with Crippen LogP contribution in [0, 0.1) is 5.92 Å². The molecule has 0 radical (unpaired) electrons. The summed E-state index contributed by atoms with van der Waals surface area (Å²) in [5.41, 5.74) is -0.199. The lowest BCUT2D eigenvalue weighted by Gasteiger charge is -2.10. The summed E-state index contributed by atoms with van der Waals surface area (Å²) in [6.45, 7) is 0. The molecule has 13 heavy (non-hydrogen) atoms. The van der Waals surface area contributed by atoms with Gasteiger partial charge < -0.3 is 5.11 Å². The molecule has 0 aromatic heterocycles. The van der Waals surface area contributed by atoms with Crippen LogP contribution in [0.1, 0.15) is 64.2 Å². The first-order valence-corrected chi connectivity index (χ1v) is 6.01. The van der Waals surface area contributed by atoms with Crippen LogP contribution in [-0.2, 0) is 0 Å². The molecule has 2 fully saturated rings.